The first kappa shape index (κ1) is 19.2. The van der Waals surface area contributed by atoms with E-state index in [9.17, 15) is 4.79 Å². The summed E-state index contributed by atoms with van der Waals surface area (Å²) in [6.07, 6.45) is 6.78. The van der Waals surface area contributed by atoms with Gasteiger partial charge in [0.05, 0.1) is 5.69 Å². The SMILES string of the molecule is Cc1oc(-c2ccccc2)nc1CN1CCC(C(=O)N2CCCCCC2)CC1. The fourth-order valence-corrected chi connectivity index (χ4v) is 4.38. The molecule has 1 amide bonds. The monoisotopic (exact) mass is 381 g/mol. The maximum absolute atomic E-state index is 12.9. The second-order valence-corrected chi connectivity index (χ2v) is 8.18. The summed E-state index contributed by atoms with van der Waals surface area (Å²) < 4.78 is 5.89. The Hall–Kier alpha value is -2.14. The largest absolute Gasteiger partial charge is 0.441 e. The van der Waals surface area contributed by atoms with Crippen LogP contribution in [0, 0.1) is 12.8 Å². The van der Waals surface area contributed by atoms with Crippen LogP contribution >= 0.6 is 0 Å². The van der Waals surface area contributed by atoms with Gasteiger partial charge in [-0.05, 0) is 57.8 Å². The molecule has 0 N–H and O–H groups in total. The minimum Gasteiger partial charge on any atom is -0.441 e. The Morgan fingerprint density at radius 3 is 2.39 bits per heavy atom. The number of aryl methyl sites for hydroxylation is 1. The first-order valence-electron chi connectivity index (χ1n) is 10.7. The van der Waals surface area contributed by atoms with Crippen molar-refractivity contribution in [2.24, 2.45) is 5.92 Å². The zero-order chi connectivity index (χ0) is 19.3. The molecule has 0 saturated carbocycles. The molecule has 0 bridgehead atoms. The van der Waals surface area contributed by atoms with Gasteiger partial charge in [0.15, 0.2) is 0 Å². The highest BCUT2D eigenvalue weighted by Crippen LogP contribution is 2.25. The summed E-state index contributed by atoms with van der Waals surface area (Å²) in [6.45, 7) is 6.62. The molecule has 2 aromatic rings. The molecule has 0 atom stereocenters. The summed E-state index contributed by atoms with van der Waals surface area (Å²) in [5.74, 6) is 2.18. The molecular weight excluding hydrogens is 350 g/mol. The van der Waals surface area contributed by atoms with Crippen LogP contribution in [0.1, 0.15) is 50.0 Å². The number of oxazole rings is 1. The number of hydrogen-bond acceptors (Lipinski definition) is 4. The molecule has 5 nitrogen and oxygen atoms in total. The topological polar surface area (TPSA) is 49.6 Å². The molecule has 0 aliphatic carbocycles. The Balaban J connectivity index is 1.32. The average Bonchev–Trinajstić information content (AvgIpc) is 2.93. The molecule has 4 rings (SSSR count). The van der Waals surface area contributed by atoms with Gasteiger partial charge in [0, 0.05) is 31.1 Å². The maximum Gasteiger partial charge on any atom is 0.226 e. The van der Waals surface area contributed by atoms with Gasteiger partial charge in [-0.3, -0.25) is 9.69 Å². The van der Waals surface area contributed by atoms with E-state index in [1.54, 1.807) is 0 Å². The van der Waals surface area contributed by atoms with Gasteiger partial charge in [-0.15, -0.1) is 0 Å². The fraction of sp³-hybridized carbons (Fsp3) is 0.565. The summed E-state index contributed by atoms with van der Waals surface area (Å²) in [7, 11) is 0. The van der Waals surface area contributed by atoms with Crippen molar-refractivity contribution < 1.29 is 9.21 Å². The van der Waals surface area contributed by atoms with Gasteiger partial charge in [0.1, 0.15) is 5.76 Å². The molecule has 28 heavy (non-hydrogen) atoms. The van der Waals surface area contributed by atoms with Crippen LogP contribution in [-0.2, 0) is 11.3 Å². The van der Waals surface area contributed by atoms with E-state index < -0.39 is 0 Å². The molecule has 150 valence electrons. The second-order valence-electron chi connectivity index (χ2n) is 8.18. The minimum absolute atomic E-state index is 0.202. The highest BCUT2D eigenvalue weighted by atomic mass is 16.4. The smallest absolute Gasteiger partial charge is 0.226 e. The van der Waals surface area contributed by atoms with E-state index in [4.69, 9.17) is 9.40 Å². The Morgan fingerprint density at radius 1 is 1.04 bits per heavy atom. The van der Waals surface area contributed by atoms with E-state index in [0.29, 0.717) is 11.8 Å². The summed E-state index contributed by atoms with van der Waals surface area (Å²) in [6, 6.07) is 10.0. The third-order valence-electron chi connectivity index (χ3n) is 6.14. The number of benzene rings is 1. The van der Waals surface area contributed by atoms with E-state index in [2.05, 4.69) is 9.80 Å². The molecule has 1 aromatic heterocycles. The predicted molar refractivity (Wildman–Crippen MR) is 110 cm³/mol. The number of piperidine rings is 1. The Morgan fingerprint density at radius 2 is 1.71 bits per heavy atom. The average molecular weight is 382 g/mol. The standard InChI is InChI=1S/C23H31N3O2/c1-18-21(24-22(28-18)19-9-5-4-6-10-19)17-25-15-11-20(12-16-25)23(27)26-13-7-2-3-8-14-26/h4-6,9-10,20H,2-3,7-8,11-17H2,1H3. The van der Waals surface area contributed by atoms with Crippen LogP contribution in [0.25, 0.3) is 11.5 Å². The summed E-state index contributed by atoms with van der Waals surface area (Å²) in [4.78, 5) is 22.1. The lowest BCUT2D eigenvalue weighted by Gasteiger charge is -2.33. The van der Waals surface area contributed by atoms with Crippen molar-refractivity contribution in [3.63, 3.8) is 0 Å². The number of likely N-dealkylation sites (tertiary alicyclic amines) is 2. The van der Waals surface area contributed by atoms with Gasteiger partial charge >= 0.3 is 0 Å². The first-order chi connectivity index (χ1) is 13.7. The van der Waals surface area contributed by atoms with E-state index in [0.717, 1.165) is 62.6 Å². The highest BCUT2D eigenvalue weighted by Gasteiger charge is 2.29. The number of carbonyl (C=O) groups excluding carboxylic acids is 1. The van der Waals surface area contributed by atoms with Gasteiger partial charge in [0.2, 0.25) is 11.8 Å². The zero-order valence-corrected chi connectivity index (χ0v) is 16.9. The molecule has 3 heterocycles. The quantitative estimate of drug-likeness (QED) is 0.794. The van der Waals surface area contributed by atoms with Crippen LogP contribution in [0.2, 0.25) is 0 Å². The van der Waals surface area contributed by atoms with E-state index in [-0.39, 0.29) is 5.92 Å². The molecule has 2 aliphatic heterocycles. The van der Waals surface area contributed by atoms with Gasteiger partial charge in [0.25, 0.3) is 0 Å². The molecule has 5 heteroatoms. The fourth-order valence-electron chi connectivity index (χ4n) is 4.38. The van der Waals surface area contributed by atoms with Crippen LogP contribution in [-0.4, -0.2) is 46.9 Å². The number of carbonyl (C=O) groups is 1. The van der Waals surface area contributed by atoms with Crippen LogP contribution < -0.4 is 0 Å². The molecule has 2 aliphatic rings. The van der Waals surface area contributed by atoms with Gasteiger partial charge in [-0.2, -0.15) is 0 Å². The van der Waals surface area contributed by atoms with Crippen molar-refractivity contribution in [3.05, 3.63) is 41.8 Å². The van der Waals surface area contributed by atoms with Gasteiger partial charge < -0.3 is 9.32 Å². The van der Waals surface area contributed by atoms with Crippen molar-refractivity contribution in [2.45, 2.75) is 52.0 Å². The Labute approximate surface area is 167 Å². The molecule has 0 radical (unpaired) electrons. The predicted octanol–water partition coefficient (Wildman–Crippen LogP) is 4.26. The van der Waals surface area contributed by atoms with Gasteiger partial charge in [-0.25, -0.2) is 4.98 Å². The number of amides is 1. The van der Waals surface area contributed by atoms with E-state index >= 15 is 0 Å². The molecular formula is C23H31N3O2. The third kappa shape index (κ3) is 4.46. The Bertz CT molecular complexity index is 770. The molecule has 2 saturated heterocycles. The first-order valence-corrected chi connectivity index (χ1v) is 10.7. The molecule has 1 aromatic carbocycles. The van der Waals surface area contributed by atoms with Gasteiger partial charge in [-0.1, -0.05) is 31.0 Å². The normalized spacial score (nSPS) is 19.5. The summed E-state index contributed by atoms with van der Waals surface area (Å²) in [5.41, 5.74) is 2.02. The van der Waals surface area contributed by atoms with E-state index in [1.165, 1.54) is 25.7 Å². The number of rotatable bonds is 4. The van der Waals surface area contributed by atoms with Crippen LogP contribution in [0.15, 0.2) is 34.7 Å². The van der Waals surface area contributed by atoms with Crippen molar-refractivity contribution in [1.29, 1.82) is 0 Å². The minimum atomic E-state index is 0.202. The zero-order valence-electron chi connectivity index (χ0n) is 16.9. The molecule has 0 spiro atoms. The van der Waals surface area contributed by atoms with Crippen LogP contribution in [0.5, 0.6) is 0 Å². The number of nitrogens with zero attached hydrogens (tertiary/aromatic N) is 3. The van der Waals surface area contributed by atoms with Crippen LogP contribution in [0.3, 0.4) is 0 Å². The van der Waals surface area contributed by atoms with Crippen molar-refractivity contribution in [3.8, 4) is 11.5 Å². The lowest BCUT2D eigenvalue weighted by molar-refractivity contribution is -0.137. The second kappa shape index (κ2) is 8.91. The van der Waals surface area contributed by atoms with Crippen molar-refractivity contribution in [1.82, 2.24) is 14.8 Å². The Kier molecular flexibility index (Phi) is 6.10. The van der Waals surface area contributed by atoms with Crippen LogP contribution in [0.4, 0.5) is 0 Å². The number of aromatic nitrogens is 1. The van der Waals surface area contributed by atoms with E-state index in [1.807, 2.05) is 37.3 Å². The van der Waals surface area contributed by atoms with Crippen molar-refractivity contribution in [2.75, 3.05) is 26.2 Å². The lowest BCUT2D eigenvalue weighted by Crippen LogP contribution is -2.42. The third-order valence-corrected chi connectivity index (χ3v) is 6.14. The molecule has 2 fully saturated rings. The maximum atomic E-state index is 12.9. The summed E-state index contributed by atoms with van der Waals surface area (Å²) in [5, 5.41) is 0. The number of hydrogen-bond donors (Lipinski definition) is 0. The van der Waals surface area contributed by atoms with Crippen molar-refractivity contribution >= 4 is 5.91 Å². The highest BCUT2D eigenvalue weighted by molar-refractivity contribution is 5.79. The molecule has 0 unspecified atom stereocenters. The summed E-state index contributed by atoms with van der Waals surface area (Å²) >= 11 is 0. The lowest BCUT2D eigenvalue weighted by atomic mass is 9.95.